The lowest BCUT2D eigenvalue weighted by atomic mass is 9.86. The maximum absolute atomic E-state index is 11.6. The zero-order valence-corrected chi connectivity index (χ0v) is 19.4. The highest BCUT2D eigenvalue weighted by Gasteiger charge is 2.62. The van der Waals surface area contributed by atoms with Crippen LogP contribution in [0.15, 0.2) is 29.2 Å². The minimum Gasteiger partial charge on any atom is -0.372 e. The van der Waals surface area contributed by atoms with E-state index in [1.807, 2.05) is 0 Å². The van der Waals surface area contributed by atoms with Crippen LogP contribution in [0, 0.1) is 17.8 Å². The summed E-state index contributed by atoms with van der Waals surface area (Å²) in [5.74, 6) is 6.04. The number of aliphatic hydroxyl groups is 1. The van der Waals surface area contributed by atoms with Crippen molar-refractivity contribution in [1.82, 2.24) is 0 Å². The maximum Gasteiger partial charge on any atom is 0.294 e. The quantitative estimate of drug-likeness (QED) is 0.508. The fourth-order valence-electron chi connectivity index (χ4n) is 4.87. The highest BCUT2D eigenvalue weighted by atomic mass is 32.2. The summed E-state index contributed by atoms with van der Waals surface area (Å²) in [6.45, 7) is 3.58. The van der Waals surface area contributed by atoms with Crippen LogP contribution in [0.2, 0.25) is 0 Å². The first-order valence-corrected chi connectivity index (χ1v) is 12.8. The van der Waals surface area contributed by atoms with Gasteiger partial charge in [0.15, 0.2) is 23.8 Å². The van der Waals surface area contributed by atoms with Crippen LogP contribution < -0.4 is 0 Å². The molecule has 2 heterocycles. The van der Waals surface area contributed by atoms with Crippen LogP contribution in [-0.4, -0.2) is 48.0 Å². The van der Waals surface area contributed by atoms with Crippen LogP contribution >= 0.6 is 0 Å². The van der Waals surface area contributed by atoms with Crippen molar-refractivity contribution in [1.29, 1.82) is 0 Å². The van der Waals surface area contributed by atoms with Gasteiger partial charge < -0.3 is 19.3 Å². The molecule has 1 aliphatic carbocycles. The van der Waals surface area contributed by atoms with Crippen molar-refractivity contribution in [2.75, 3.05) is 0 Å². The average Bonchev–Trinajstić information content (AvgIpc) is 3.17. The van der Waals surface area contributed by atoms with E-state index in [0.717, 1.165) is 12.0 Å². The summed E-state index contributed by atoms with van der Waals surface area (Å²) < 4.78 is 49.5. The van der Waals surface area contributed by atoms with Gasteiger partial charge in [-0.2, -0.15) is 8.42 Å². The van der Waals surface area contributed by atoms with E-state index in [4.69, 9.17) is 18.8 Å². The van der Waals surface area contributed by atoms with Crippen molar-refractivity contribution in [3.8, 4) is 11.8 Å². The number of aryl methyl sites for hydroxylation is 1. The molecule has 1 aromatic rings. The normalized spacial score (nSPS) is 32.3. The van der Waals surface area contributed by atoms with Crippen LogP contribution in [0.3, 0.4) is 0 Å². The summed E-state index contributed by atoms with van der Waals surface area (Å²) in [6, 6.07) is 6.01. The second kappa shape index (κ2) is 9.05. The number of benzene rings is 1. The molecule has 1 saturated carbocycles. The standard InChI is InChI=1S/C24H32O7S/c1-23(2)30-21-22(31-23)29-20(15-12-18-10-13-19(14-11-18)32(26,27)28)24(21,25)16-6-9-17-7-4-3-5-8-17/h10-11,13-14,17,20-22,25H,3-5,7-9,12,15H2,1-2H3,(H,26,27,28)/t20?,21-,22+,24+/m0/s1. The first-order valence-electron chi connectivity index (χ1n) is 11.4. The SMILES string of the molecule is CC1(C)O[C@H]2OC(CCc3ccc(S(=O)(=O)O)cc3)[C@](O)(C#CCC3CCCCC3)[C@H]2O1. The minimum absolute atomic E-state index is 0.151. The number of hydrogen-bond donors (Lipinski definition) is 2. The van der Waals surface area contributed by atoms with Crippen molar-refractivity contribution in [3.05, 3.63) is 29.8 Å². The highest BCUT2D eigenvalue weighted by Crippen LogP contribution is 2.44. The Labute approximate surface area is 190 Å². The lowest BCUT2D eigenvalue weighted by Crippen LogP contribution is -2.48. The first-order chi connectivity index (χ1) is 15.1. The molecule has 7 nitrogen and oxygen atoms in total. The predicted octanol–water partition coefficient (Wildman–Crippen LogP) is 3.45. The topological polar surface area (TPSA) is 102 Å². The van der Waals surface area contributed by atoms with Crippen molar-refractivity contribution < 1.29 is 32.3 Å². The number of fused-ring (bicyclic) bond motifs is 1. The summed E-state index contributed by atoms with van der Waals surface area (Å²) >= 11 is 0. The highest BCUT2D eigenvalue weighted by molar-refractivity contribution is 7.85. The van der Waals surface area contributed by atoms with E-state index < -0.39 is 40.0 Å². The molecule has 0 spiro atoms. The Morgan fingerprint density at radius 2 is 1.78 bits per heavy atom. The van der Waals surface area contributed by atoms with Gasteiger partial charge in [0.25, 0.3) is 10.1 Å². The molecule has 0 radical (unpaired) electrons. The fraction of sp³-hybridized carbons (Fsp3) is 0.667. The zero-order valence-electron chi connectivity index (χ0n) is 18.6. The van der Waals surface area contributed by atoms with E-state index >= 15 is 0 Å². The third kappa shape index (κ3) is 5.19. The molecule has 32 heavy (non-hydrogen) atoms. The summed E-state index contributed by atoms with van der Waals surface area (Å²) in [4.78, 5) is -0.151. The summed E-state index contributed by atoms with van der Waals surface area (Å²) in [5.41, 5.74) is -0.626. The molecule has 8 heteroatoms. The Kier molecular flexibility index (Phi) is 6.70. The van der Waals surface area contributed by atoms with Crippen LogP contribution in [0.5, 0.6) is 0 Å². The van der Waals surface area contributed by atoms with Gasteiger partial charge in [0.1, 0.15) is 6.10 Å². The Morgan fingerprint density at radius 1 is 1.09 bits per heavy atom. The zero-order chi connectivity index (χ0) is 23.0. The van der Waals surface area contributed by atoms with Crippen LogP contribution in [0.25, 0.3) is 0 Å². The number of ether oxygens (including phenoxy) is 3. The molecule has 176 valence electrons. The van der Waals surface area contributed by atoms with Gasteiger partial charge in [0, 0.05) is 6.42 Å². The Balaban J connectivity index is 1.47. The van der Waals surface area contributed by atoms with Gasteiger partial charge in [0.2, 0.25) is 0 Å². The fourth-order valence-corrected chi connectivity index (χ4v) is 5.35. The van der Waals surface area contributed by atoms with E-state index in [9.17, 15) is 13.5 Å². The van der Waals surface area contributed by atoms with Crippen molar-refractivity contribution >= 4 is 10.1 Å². The van der Waals surface area contributed by atoms with Gasteiger partial charge in [0.05, 0.1) is 4.90 Å². The smallest absolute Gasteiger partial charge is 0.294 e. The molecule has 3 aliphatic rings. The summed E-state index contributed by atoms with van der Waals surface area (Å²) in [6.07, 6.45) is 5.92. The molecular formula is C24H32O7S. The minimum atomic E-state index is -4.23. The number of hydrogen-bond acceptors (Lipinski definition) is 6. The molecule has 4 rings (SSSR count). The van der Waals surface area contributed by atoms with Crippen LogP contribution in [0.4, 0.5) is 0 Å². The molecule has 0 amide bonds. The largest absolute Gasteiger partial charge is 0.372 e. The van der Waals surface area contributed by atoms with Gasteiger partial charge in [-0.3, -0.25) is 4.55 Å². The predicted molar refractivity (Wildman–Crippen MR) is 117 cm³/mol. The Hall–Kier alpha value is -1.47. The molecule has 1 unspecified atom stereocenters. The molecule has 3 fully saturated rings. The van der Waals surface area contributed by atoms with E-state index in [-0.39, 0.29) is 4.90 Å². The third-order valence-electron chi connectivity index (χ3n) is 6.60. The van der Waals surface area contributed by atoms with Crippen molar-refractivity contribution in [2.24, 2.45) is 5.92 Å². The summed E-state index contributed by atoms with van der Waals surface area (Å²) in [5, 5.41) is 11.6. The van der Waals surface area contributed by atoms with Gasteiger partial charge in [-0.1, -0.05) is 43.2 Å². The second-order valence-electron chi connectivity index (χ2n) is 9.54. The monoisotopic (exact) mass is 464 g/mol. The van der Waals surface area contributed by atoms with Crippen LogP contribution in [0.1, 0.15) is 64.4 Å². The average molecular weight is 465 g/mol. The van der Waals surface area contributed by atoms with Gasteiger partial charge in [-0.15, -0.1) is 0 Å². The van der Waals surface area contributed by atoms with Gasteiger partial charge >= 0.3 is 0 Å². The second-order valence-corrected chi connectivity index (χ2v) is 11.0. The summed E-state index contributed by atoms with van der Waals surface area (Å²) in [7, 11) is -4.23. The van der Waals surface area contributed by atoms with Crippen molar-refractivity contribution in [3.63, 3.8) is 0 Å². The van der Waals surface area contributed by atoms with Gasteiger partial charge in [-0.05, 0) is 63.1 Å². The number of rotatable bonds is 5. The molecule has 2 saturated heterocycles. The van der Waals surface area contributed by atoms with E-state index in [2.05, 4.69) is 11.8 Å². The molecule has 4 atom stereocenters. The molecular weight excluding hydrogens is 432 g/mol. The van der Waals surface area contributed by atoms with Crippen LogP contribution in [-0.2, 0) is 30.7 Å². The molecule has 0 aromatic heterocycles. The van der Waals surface area contributed by atoms with Crippen molar-refractivity contribution in [2.45, 2.75) is 100.0 Å². The molecule has 2 N–H and O–H groups in total. The van der Waals surface area contributed by atoms with E-state index in [1.165, 1.54) is 44.2 Å². The third-order valence-corrected chi connectivity index (χ3v) is 7.47. The first kappa shape index (κ1) is 23.7. The van der Waals surface area contributed by atoms with E-state index in [1.54, 1.807) is 26.0 Å². The Morgan fingerprint density at radius 3 is 2.44 bits per heavy atom. The molecule has 2 aliphatic heterocycles. The Bertz CT molecular complexity index is 970. The maximum atomic E-state index is 11.6. The lowest BCUT2D eigenvalue weighted by Gasteiger charge is -2.29. The molecule has 0 bridgehead atoms. The van der Waals surface area contributed by atoms with Gasteiger partial charge in [-0.25, -0.2) is 0 Å². The van der Waals surface area contributed by atoms with E-state index in [0.29, 0.717) is 18.8 Å². The molecule has 1 aromatic carbocycles. The lowest BCUT2D eigenvalue weighted by molar-refractivity contribution is -0.222.